The quantitative estimate of drug-likeness (QED) is 0.668. The second-order valence-electron chi connectivity index (χ2n) is 7.27. The molecule has 1 N–H and O–H groups in total. The van der Waals surface area contributed by atoms with Crippen molar-refractivity contribution in [1.82, 2.24) is 19.8 Å². The van der Waals surface area contributed by atoms with Crippen LogP contribution in [0.25, 0.3) is 22.3 Å². The van der Waals surface area contributed by atoms with Gasteiger partial charge in [0.05, 0.1) is 23.1 Å². The lowest BCUT2D eigenvalue weighted by Gasteiger charge is -2.32. The monoisotopic (exact) mass is 378 g/mol. The second-order valence-corrected chi connectivity index (χ2v) is 7.27. The molecule has 1 saturated heterocycles. The van der Waals surface area contributed by atoms with Crippen molar-refractivity contribution in [2.75, 3.05) is 46.4 Å². The number of nitrogens with one attached hydrogen (secondary N) is 1. The maximum Gasteiger partial charge on any atom is 0.259 e. The molecule has 1 aromatic heterocycles. The largest absolute Gasteiger partial charge is 0.493 e. The van der Waals surface area contributed by atoms with E-state index in [0.717, 1.165) is 50.5 Å². The van der Waals surface area contributed by atoms with Crippen LogP contribution in [-0.4, -0.2) is 66.1 Å². The van der Waals surface area contributed by atoms with Crippen molar-refractivity contribution in [1.29, 1.82) is 0 Å². The van der Waals surface area contributed by atoms with E-state index in [1.165, 1.54) is 0 Å². The van der Waals surface area contributed by atoms with Crippen molar-refractivity contribution in [3.63, 3.8) is 0 Å². The third-order valence-electron chi connectivity index (χ3n) is 5.23. The van der Waals surface area contributed by atoms with E-state index in [4.69, 9.17) is 4.74 Å². The third kappa shape index (κ3) is 4.24. The van der Waals surface area contributed by atoms with Gasteiger partial charge in [-0.15, -0.1) is 0 Å². The molecule has 2 heterocycles. The van der Waals surface area contributed by atoms with Crippen molar-refractivity contribution >= 4 is 10.9 Å². The predicted octanol–water partition coefficient (Wildman–Crippen LogP) is 2.61. The average molecular weight is 378 g/mol. The molecule has 1 aliphatic heterocycles. The molecule has 6 nitrogen and oxygen atoms in total. The van der Waals surface area contributed by atoms with Crippen LogP contribution in [0.2, 0.25) is 0 Å². The summed E-state index contributed by atoms with van der Waals surface area (Å²) in [5, 5.41) is 0.594. The number of fused-ring (bicyclic) bond motifs is 1. The van der Waals surface area contributed by atoms with Crippen LogP contribution in [0.5, 0.6) is 5.75 Å². The summed E-state index contributed by atoms with van der Waals surface area (Å²) in [4.78, 5) is 24.8. The molecule has 3 aromatic rings. The smallest absolute Gasteiger partial charge is 0.259 e. The highest BCUT2D eigenvalue weighted by Gasteiger charge is 2.14. The number of aromatic amines is 1. The Morgan fingerprint density at radius 3 is 2.64 bits per heavy atom. The van der Waals surface area contributed by atoms with Crippen molar-refractivity contribution in [3.05, 3.63) is 58.9 Å². The van der Waals surface area contributed by atoms with E-state index in [2.05, 4.69) is 26.8 Å². The van der Waals surface area contributed by atoms with Crippen LogP contribution in [0.15, 0.2) is 53.3 Å². The van der Waals surface area contributed by atoms with Crippen LogP contribution < -0.4 is 10.3 Å². The maximum absolute atomic E-state index is 12.4. The number of hydrogen-bond acceptors (Lipinski definition) is 5. The number of para-hydroxylation sites is 2. The molecule has 146 valence electrons. The molecule has 0 aliphatic carbocycles. The summed E-state index contributed by atoms with van der Waals surface area (Å²) < 4.78 is 6.06. The fourth-order valence-corrected chi connectivity index (χ4v) is 3.54. The highest BCUT2D eigenvalue weighted by Crippen LogP contribution is 2.27. The van der Waals surface area contributed by atoms with Crippen molar-refractivity contribution in [3.8, 4) is 17.1 Å². The Morgan fingerprint density at radius 1 is 1.04 bits per heavy atom. The van der Waals surface area contributed by atoms with E-state index in [0.29, 0.717) is 23.3 Å². The Balaban J connectivity index is 1.45. The zero-order valence-electron chi connectivity index (χ0n) is 16.2. The van der Waals surface area contributed by atoms with Gasteiger partial charge in [0.25, 0.3) is 5.56 Å². The molecule has 1 aliphatic rings. The van der Waals surface area contributed by atoms with Gasteiger partial charge < -0.3 is 19.5 Å². The molecular formula is C22H26N4O2. The standard InChI is InChI=1S/C22H26N4O2/c1-25-12-14-26(15-13-25)11-6-16-28-20-10-5-3-8-18(20)21-23-19-9-4-2-7-17(19)22(27)24-21/h2-5,7-10H,6,11-16H2,1H3,(H,23,24,27). The summed E-state index contributed by atoms with van der Waals surface area (Å²) in [6, 6.07) is 15.1. The van der Waals surface area contributed by atoms with Gasteiger partial charge in [-0.2, -0.15) is 0 Å². The minimum atomic E-state index is -0.134. The van der Waals surface area contributed by atoms with Gasteiger partial charge in [0.2, 0.25) is 0 Å². The molecule has 0 amide bonds. The molecular weight excluding hydrogens is 352 g/mol. The Kier molecular flexibility index (Phi) is 5.69. The van der Waals surface area contributed by atoms with Crippen LogP contribution >= 0.6 is 0 Å². The number of nitrogens with zero attached hydrogens (tertiary/aromatic N) is 3. The molecule has 0 atom stereocenters. The van der Waals surface area contributed by atoms with Crippen molar-refractivity contribution < 1.29 is 4.74 Å². The van der Waals surface area contributed by atoms with E-state index in [-0.39, 0.29) is 5.56 Å². The fourth-order valence-electron chi connectivity index (χ4n) is 3.54. The van der Waals surface area contributed by atoms with Crippen LogP contribution in [0.1, 0.15) is 6.42 Å². The molecule has 1 fully saturated rings. The van der Waals surface area contributed by atoms with Crippen molar-refractivity contribution in [2.24, 2.45) is 0 Å². The SMILES string of the molecule is CN1CCN(CCCOc2ccccc2-c2nc3ccccc3c(=O)[nH]2)CC1. The highest BCUT2D eigenvalue weighted by molar-refractivity contribution is 5.80. The number of piperazine rings is 1. The Hall–Kier alpha value is -2.70. The van der Waals surface area contributed by atoms with Gasteiger partial charge in [0.1, 0.15) is 11.6 Å². The maximum atomic E-state index is 12.4. The molecule has 0 saturated carbocycles. The van der Waals surface area contributed by atoms with Gasteiger partial charge in [-0.25, -0.2) is 4.98 Å². The van der Waals surface area contributed by atoms with Gasteiger partial charge in [0.15, 0.2) is 0 Å². The summed E-state index contributed by atoms with van der Waals surface area (Å²) in [6.07, 6.45) is 0.972. The first-order valence-electron chi connectivity index (χ1n) is 9.83. The molecule has 0 radical (unpaired) electrons. The normalized spacial score (nSPS) is 15.8. The van der Waals surface area contributed by atoms with E-state index < -0.39 is 0 Å². The van der Waals surface area contributed by atoms with E-state index in [9.17, 15) is 4.79 Å². The Labute approximate surface area is 164 Å². The lowest BCUT2D eigenvalue weighted by molar-refractivity contribution is 0.145. The van der Waals surface area contributed by atoms with Crippen LogP contribution in [0, 0.1) is 0 Å². The summed E-state index contributed by atoms with van der Waals surface area (Å²) in [5.41, 5.74) is 1.36. The topological polar surface area (TPSA) is 61.5 Å². The van der Waals surface area contributed by atoms with Gasteiger partial charge in [0, 0.05) is 32.7 Å². The molecule has 0 bridgehead atoms. The number of aromatic nitrogens is 2. The number of hydrogen-bond donors (Lipinski definition) is 1. The first kappa shape index (κ1) is 18.7. The first-order valence-corrected chi connectivity index (χ1v) is 9.83. The molecule has 2 aromatic carbocycles. The Morgan fingerprint density at radius 2 is 1.79 bits per heavy atom. The van der Waals surface area contributed by atoms with E-state index >= 15 is 0 Å². The number of rotatable bonds is 6. The van der Waals surface area contributed by atoms with Gasteiger partial charge in [-0.1, -0.05) is 24.3 Å². The van der Waals surface area contributed by atoms with E-state index in [1.807, 2.05) is 42.5 Å². The molecule has 28 heavy (non-hydrogen) atoms. The highest BCUT2D eigenvalue weighted by atomic mass is 16.5. The molecule has 6 heteroatoms. The minimum absolute atomic E-state index is 0.134. The number of H-pyrrole nitrogens is 1. The van der Waals surface area contributed by atoms with Gasteiger partial charge in [-0.05, 0) is 37.7 Å². The lowest BCUT2D eigenvalue weighted by atomic mass is 10.1. The van der Waals surface area contributed by atoms with Crippen LogP contribution in [0.4, 0.5) is 0 Å². The average Bonchev–Trinajstić information content (AvgIpc) is 2.73. The third-order valence-corrected chi connectivity index (χ3v) is 5.23. The zero-order valence-corrected chi connectivity index (χ0v) is 16.2. The summed E-state index contributed by atoms with van der Waals surface area (Å²) in [6.45, 7) is 6.18. The van der Waals surface area contributed by atoms with E-state index in [1.54, 1.807) is 6.07 Å². The van der Waals surface area contributed by atoms with Crippen LogP contribution in [0.3, 0.4) is 0 Å². The number of likely N-dealkylation sites (N-methyl/N-ethyl adjacent to an activating group) is 1. The predicted molar refractivity (Wildman–Crippen MR) is 112 cm³/mol. The fraction of sp³-hybridized carbons (Fsp3) is 0.364. The van der Waals surface area contributed by atoms with Gasteiger partial charge in [-0.3, -0.25) is 4.79 Å². The summed E-state index contributed by atoms with van der Waals surface area (Å²) in [5.74, 6) is 1.29. The van der Waals surface area contributed by atoms with Gasteiger partial charge >= 0.3 is 0 Å². The lowest BCUT2D eigenvalue weighted by Crippen LogP contribution is -2.44. The zero-order chi connectivity index (χ0) is 19.3. The van der Waals surface area contributed by atoms with Crippen LogP contribution in [-0.2, 0) is 0 Å². The number of ether oxygens (including phenoxy) is 1. The minimum Gasteiger partial charge on any atom is -0.493 e. The number of benzene rings is 2. The van der Waals surface area contributed by atoms with Crippen molar-refractivity contribution in [2.45, 2.75) is 6.42 Å². The summed E-state index contributed by atoms with van der Waals surface area (Å²) >= 11 is 0. The molecule has 4 rings (SSSR count). The first-order chi connectivity index (χ1) is 13.7. The summed E-state index contributed by atoms with van der Waals surface area (Å²) in [7, 11) is 2.17. The molecule has 0 spiro atoms. The Bertz CT molecular complexity index is 993. The molecule has 0 unspecified atom stereocenters. The second kappa shape index (κ2) is 8.54.